The average molecular weight is 459 g/mol. The lowest BCUT2D eigenvalue weighted by Gasteiger charge is -2.43. The van der Waals surface area contributed by atoms with Crippen LogP contribution in [-0.2, 0) is 9.53 Å². The van der Waals surface area contributed by atoms with Crippen molar-refractivity contribution in [1.82, 2.24) is 9.88 Å². The summed E-state index contributed by atoms with van der Waals surface area (Å²) in [6, 6.07) is 19.0. The Morgan fingerprint density at radius 3 is 2.24 bits per heavy atom. The Balaban J connectivity index is 1.27. The molecule has 1 saturated heterocycles. The highest BCUT2D eigenvalue weighted by molar-refractivity contribution is 6.02. The Morgan fingerprint density at radius 1 is 1.00 bits per heavy atom. The molecule has 34 heavy (non-hydrogen) atoms. The number of benzene rings is 2. The second-order valence-corrected chi connectivity index (χ2v) is 8.35. The first-order chi connectivity index (χ1) is 16.4. The number of hydrogen-bond acceptors (Lipinski definition) is 6. The number of carboxylic acids is 1. The van der Waals surface area contributed by atoms with Crippen molar-refractivity contribution in [3.63, 3.8) is 0 Å². The molecule has 9 nitrogen and oxygen atoms in total. The minimum Gasteiger partial charge on any atom is -0.479 e. The van der Waals surface area contributed by atoms with Crippen LogP contribution in [0.1, 0.15) is 27.5 Å². The molecule has 1 aromatic heterocycles. The molecule has 5 rings (SSSR count). The molecule has 0 bridgehead atoms. The van der Waals surface area contributed by atoms with Crippen LogP contribution in [-0.4, -0.2) is 63.4 Å². The predicted octanol–water partition coefficient (Wildman–Crippen LogP) is 2.71. The van der Waals surface area contributed by atoms with E-state index >= 15 is 0 Å². The number of β-amino-alcohol motifs (C(OH)–C–C–N with tert-alkyl or cyclic N) is 1. The van der Waals surface area contributed by atoms with Crippen molar-refractivity contribution in [2.24, 2.45) is 0 Å². The molecule has 0 unspecified atom stereocenters. The number of carbonyl (C=O) groups is 3. The molecule has 0 atom stereocenters. The zero-order valence-electron chi connectivity index (χ0n) is 18.0. The highest BCUT2D eigenvalue weighted by Gasteiger charge is 2.50. The van der Waals surface area contributed by atoms with Crippen molar-refractivity contribution in [3.05, 3.63) is 83.7 Å². The topological polar surface area (TPSA) is 129 Å². The molecule has 2 heterocycles. The first kappa shape index (κ1) is 21.6. The second kappa shape index (κ2) is 8.27. The molecule has 3 N–H and O–H groups in total. The van der Waals surface area contributed by atoms with Crippen LogP contribution in [0, 0.1) is 0 Å². The predicted molar refractivity (Wildman–Crippen MR) is 121 cm³/mol. The number of aromatic nitrogens is 1. The summed E-state index contributed by atoms with van der Waals surface area (Å²) in [5.41, 5.74) is 2.49. The maximum atomic E-state index is 12.7. The zero-order valence-corrected chi connectivity index (χ0v) is 18.0. The lowest BCUT2D eigenvalue weighted by molar-refractivity contribution is -0.173. The van der Waals surface area contributed by atoms with Crippen molar-refractivity contribution in [2.75, 3.05) is 25.0 Å². The van der Waals surface area contributed by atoms with E-state index in [0.29, 0.717) is 0 Å². The summed E-state index contributed by atoms with van der Waals surface area (Å²) in [4.78, 5) is 41.6. The molecule has 172 valence electrons. The average Bonchev–Trinajstić information content (AvgIpc) is 3.14. The molecule has 2 aliphatic rings. The minimum absolute atomic E-state index is 0.0663. The summed E-state index contributed by atoms with van der Waals surface area (Å²) in [7, 11) is 0. The van der Waals surface area contributed by atoms with Crippen LogP contribution < -0.4 is 5.32 Å². The number of carboxylic acid groups (broad SMARTS) is 1. The molecule has 0 saturated carbocycles. The standard InChI is InChI=1S/C25H21N3O6/c29-22(28-13-25(33,14-28)23(30)31)21-20(10-5-11-26-21)27-24(32)34-12-19-17-8-3-1-6-15(17)16-7-2-4-9-18(16)19/h1-11,19,33H,12-14H2,(H,27,32)(H,30,31). The van der Waals surface area contributed by atoms with Crippen LogP contribution in [0.15, 0.2) is 66.9 Å². The molecule has 1 aliphatic carbocycles. The summed E-state index contributed by atoms with van der Waals surface area (Å²) in [5.74, 6) is -2.10. The number of pyridine rings is 1. The zero-order chi connectivity index (χ0) is 23.9. The van der Waals surface area contributed by atoms with Crippen molar-refractivity contribution >= 4 is 23.7 Å². The van der Waals surface area contributed by atoms with Crippen molar-refractivity contribution in [3.8, 4) is 11.1 Å². The molecule has 1 fully saturated rings. The number of carbonyl (C=O) groups excluding carboxylic acids is 2. The van der Waals surface area contributed by atoms with Crippen molar-refractivity contribution in [2.45, 2.75) is 11.5 Å². The van der Waals surface area contributed by atoms with Crippen LogP contribution in [0.5, 0.6) is 0 Å². The van der Waals surface area contributed by atoms with Gasteiger partial charge in [0.25, 0.3) is 5.91 Å². The smallest absolute Gasteiger partial charge is 0.411 e. The summed E-state index contributed by atoms with van der Waals surface area (Å²) in [6.45, 7) is -0.606. The Bertz CT molecular complexity index is 1260. The van der Waals surface area contributed by atoms with Gasteiger partial charge in [0, 0.05) is 12.1 Å². The molecule has 2 amide bonds. The SMILES string of the molecule is O=C(Nc1cccnc1C(=O)N1CC(O)(C(=O)O)C1)OCC1c2ccccc2-c2ccccc21. The first-order valence-corrected chi connectivity index (χ1v) is 10.7. The second-order valence-electron chi connectivity index (χ2n) is 8.35. The fourth-order valence-electron chi connectivity index (χ4n) is 4.43. The minimum atomic E-state index is -1.97. The number of likely N-dealkylation sites (tertiary alicyclic amines) is 1. The third-order valence-corrected chi connectivity index (χ3v) is 6.18. The fourth-order valence-corrected chi connectivity index (χ4v) is 4.43. The number of aliphatic hydroxyl groups is 1. The lowest BCUT2D eigenvalue weighted by Crippen LogP contribution is -2.67. The van der Waals surface area contributed by atoms with E-state index in [1.165, 1.54) is 12.3 Å². The van der Waals surface area contributed by atoms with Gasteiger partial charge in [-0.25, -0.2) is 14.6 Å². The summed E-state index contributed by atoms with van der Waals surface area (Å²) < 4.78 is 5.52. The number of amides is 2. The Hall–Kier alpha value is -4.24. The molecule has 9 heteroatoms. The van der Waals surface area contributed by atoms with Gasteiger partial charge in [-0.2, -0.15) is 0 Å². The van der Waals surface area contributed by atoms with Gasteiger partial charge in [0.2, 0.25) is 0 Å². The van der Waals surface area contributed by atoms with Crippen LogP contribution >= 0.6 is 0 Å². The van der Waals surface area contributed by atoms with E-state index in [4.69, 9.17) is 9.84 Å². The fraction of sp³-hybridized carbons (Fsp3) is 0.200. The normalized spacial score (nSPS) is 15.6. The van der Waals surface area contributed by atoms with E-state index in [2.05, 4.69) is 10.3 Å². The Labute approximate surface area is 194 Å². The van der Waals surface area contributed by atoms with E-state index in [-0.39, 0.29) is 37.0 Å². The quantitative estimate of drug-likeness (QED) is 0.535. The van der Waals surface area contributed by atoms with Gasteiger partial charge in [-0.1, -0.05) is 48.5 Å². The monoisotopic (exact) mass is 459 g/mol. The van der Waals surface area contributed by atoms with Gasteiger partial charge in [0.15, 0.2) is 11.3 Å². The van der Waals surface area contributed by atoms with Crippen LogP contribution in [0.4, 0.5) is 10.5 Å². The molecule has 3 aromatic rings. The number of rotatable bonds is 5. The van der Waals surface area contributed by atoms with Gasteiger partial charge in [0.05, 0.1) is 18.8 Å². The van der Waals surface area contributed by atoms with E-state index in [1.54, 1.807) is 6.07 Å². The number of nitrogens with zero attached hydrogens (tertiary/aromatic N) is 2. The number of fused-ring (bicyclic) bond motifs is 3. The Kier molecular flexibility index (Phi) is 5.25. The number of aliphatic carboxylic acids is 1. The van der Waals surface area contributed by atoms with Gasteiger partial charge in [-0.05, 0) is 34.4 Å². The van der Waals surface area contributed by atoms with Gasteiger partial charge in [-0.15, -0.1) is 0 Å². The number of ether oxygens (including phenoxy) is 1. The van der Waals surface area contributed by atoms with Gasteiger partial charge < -0.3 is 19.8 Å². The van der Waals surface area contributed by atoms with Gasteiger partial charge in [0.1, 0.15) is 6.61 Å². The van der Waals surface area contributed by atoms with E-state index in [9.17, 15) is 19.5 Å². The van der Waals surface area contributed by atoms with Crippen LogP contribution in [0.25, 0.3) is 11.1 Å². The van der Waals surface area contributed by atoms with Gasteiger partial charge >= 0.3 is 12.1 Å². The van der Waals surface area contributed by atoms with E-state index in [0.717, 1.165) is 27.2 Å². The summed E-state index contributed by atoms with van der Waals surface area (Å²) in [6.07, 6.45) is 0.647. The Morgan fingerprint density at radius 2 is 1.62 bits per heavy atom. The third kappa shape index (κ3) is 3.65. The molecular weight excluding hydrogens is 438 g/mol. The molecule has 2 aromatic carbocycles. The lowest BCUT2D eigenvalue weighted by atomic mass is 9.94. The molecule has 1 aliphatic heterocycles. The highest BCUT2D eigenvalue weighted by atomic mass is 16.5. The maximum Gasteiger partial charge on any atom is 0.411 e. The first-order valence-electron chi connectivity index (χ1n) is 10.7. The van der Waals surface area contributed by atoms with E-state index in [1.807, 2.05) is 48.5 Å². The maximum absolute atomic E-state index is 12.7. The van der Waals surface area contributed by atoms with Gasteiger partial charge in [-0.3, -0.25) is 10.1 Å². The highest BCUT2D eigenvalue weighted by Crippen LogP contribution is 2.44. The molecule has 0 radical (unpaired) electrons. The number of nitrogens with one attached hydrogen (secondary N) is 1. The largest absolute Gasteiger partial charge is 0.479 e. The summed E-state index contributed by atoms with van der Waals surface area (Å²) in [5, 5.41) is 21.5. The molecular formula is C25H21N3O6. The molecule has 0 spiro atoms. The number of hydrogen-bond donors (Lipinski definition) is 3. The van der Waals surface area contributed by atoms with Crippen molar-refractivity contribution in [1.29, 1.82) is 0 Å². The third-order valence-electron chi connectivity index (χ3n) is 6.18. The van der Waals surface area contributed by atoms with Crippen molar-refractivity contribution < 1.29 is 29.3 Å². The van der Waals surface area contributed by atoms with E-state index < -0.39 is 23.6 Å². The summed E-state index contributed by atoms with van der Waals surface area (Å²) >= 11 is 0. The van der Waals surface area contributed by atoms with Crippen LogP contribution in [0.2, 0.25) is 0 Å². The van der Waals surface area contributed by atoms with Crippen LogP contribution in [0.3, 0.4) is 0 Å². The number of anilines is 1.